The van der Waals surface area contributed by atoms with Crippen LogP contribution in [0.25, 0.3) is 0 Å². The van der Waals surface area contributed by atoms with Gasteiger partial charge in [-0.15, -0.1) is 0 Å². The highest BCUT2D eigenvalue weighted by Gasteiger charge is 2.38. The topological polar surface area (TPSA) is 12.0 Å². The molecule has 1 aliphatic carbocycles. The summed E-state index contributed by atoms with van der Waals surface area (Å²) in [4.78, 5) is 0. The molecule has 1 aromatic rings. The zero-order chi connectivity index (χ0) is 10.8. The molecule has 1 nitrogen and oxygen atoms in total. The molecule has 1 atom stereocenters. The Bertz CT molecular complexity index is 393. The lowest BCUT2D eigenvalue weighted by Crippen LogP contribution is -2.48. The number of rotatable bonds is 1. The average Bonchev–Trinajstić information content (AvgIpc) is 2.40. The SMILES string of the molecule is C1=C2CCCC[C@@]2(c2ccccc2)NCC1. The highest BCUT2D eigenvalue weighted by atomic mass is 15.0. The first-order valence-corrected chi connectivity index (χ1v) is 6.42. The molecule has 1 aromatic carbocycles. The Morgan fingerprint density at radius 2 is 1.94 bits per heavy atom. The number of hydrogen-bond acceptors (Lipinski definition) is 1. The fourth-order valence-corrected chi connectivity index (χ4v) is 3.24. The Balaban J connectivity index is 2.06. The van der Waals surface area contributed by atoms with E-state index in [1.54, 1.807) is 5.57 Å². The third kappa shape index (κ3) is 1.51. The van der Waals surface area contributed by atoms with Gasteiger partial charge < -0.3 is 5.32 Å². The van der Waals surface area contributed by atoms with Gasteiger partial charge in [-0.2, -0.15) is 0 Å². The molecule has 0 spiro atoms. The molecule has 0 aromatic heterocycles. The van der Waals surface area contributed by atoms with Gasteiger partial charge in [-0.25, -0.2) is 0 Å². The summed E-state index contributed by atoms with van der Waals surface area (Å²) in [5, 5.41) is 3.78. The Kier molecular flexibility index (Phi) is 2.56. The first kappa shape index (κ1) is 10.1. The molecular formula is C15H19N. The first-order valence-electron chi connectivity index (χ1n) is 6.42. The van der Waals surface area contributed by atoms with Gasteiger partial charge in [-0.05, 0) is 43.4 Å². The van der Waals surface area contributed by atoms with Gasteiger partial charge >= 0.3 is 0 Å². The summed E-state index contributed by atoms with van der Waals surface area (Å²) in [6.45, 7) is 1.12. The molecule has 0 saturated heterocycles. The lowest BCUT2D eigenvalue weighted by atomic mass is 9.71. The van der Waals surface area contributed by atoms with Crippen LogP contribution in [0.15, 0.2) is 42.0 Å². The van der Waals surface area contributed by atoms with Crippen molar-refractivity contribution in [3.63, 3.8) is 0 Å². The minimum absolute atomic E-state index is 0.178. The van der Waals surface area contributed by atoms with Crippen LogP contribution in [0.2, 0.25) is 0 Å². The monoisotopic (exact) mass is 213 g/mol. The fraction of sp³-hybridized carbons (Fsp3) is 0.467. The van der Waals surface area contributed by atoms with Crippen LogP contribution in [0.4, 0.5) is 0 Å². The van der Waals surface area contributed by atoms with Crippen molar-refractivity contribution < 1.29 is 0 Å². The van der Waals surface area contributed by atoms with Crippen LogP contribution in [0.5, 0.6) is 0 Å². The van der Waals surface area contributed by atoms with Crippen molar-refractivity contribution >= 4 is 0 Å². The predicted octanol–water partition coefficient (Wildman–Crippen LogP) is 3.38. The molecule has 2 aliphatic rings. The van der Waals surface area contributed by atoms with Crippen molar-refractivity contribution in [3.8, 4) is 0 Å². The molecule has 0 unspecified atom stereocenters. The van der Waals surface area contributed by atoms with Crippen molar-refractivity contribution in [3.05, 3.63) is 47.5 Å². The lowest BCUT2D eigenvalue weighted by Gasteiger charge is -2.43. The Morgan fingerprint density at radius 1 is 1.06 bits per heavy atom. The van der Waals surface area contributed by atoms with Crippen molar-refractivity contribution in [1.29, 1.82) is 0 Å². The first-order chi connectivity index (χ1) is 7.92. The largest absolute Gasteiger partial charge is 0.304 e. The molecule has 0 bridgehead atoms. The van der Waals surface area contributed by atoms with Gasteiger partial charge in [0, 0.05) is 0 Å². The molecule has 1 heteroatoms. The van der Waals surface area contributed by atoms with E-state index < -0.39 is 0 Å². The molecule has 1 saturated carbocycles. The van der Waals surface area contributed by atoms with E-state index in [2.05, 4.69) is 41.7 Å². The van der Waals surface area contributed by atoms with Gasteiger partial charge in [-0.3, -0.25) is 0 Å². The average molecular weight is 213 g/mol. The van der Waals surface area contributed by atoms with Gasteiger partial charge in [0.2, 0.25) is 0 Å². The van der Waals surface area contributed by atoms with Crippen LogP contribution in [-0.4, -0.2) is 6.54 Å². The van der Waals surface area contributed by atoms with E-state index >= 15 is 0 Å². The van der Waals surface area contributed by atoms with Crippen molar-refractivity contribution in [2.75, 3.05) is 6.54 Å². The summed E-state index contributed by atoms with van der Waals surface area (Å²) in [5.74, 6) is 0. The third-order valence-electron chi connectivity index (χ3n) is 4.02. The fourth-order valence-electron chi connectivity index (χ4n) is 3.24. The van der Waals surface area contributed by atoms with Crippen molar-refractivity contribution in [2.24, 2.45) is 0 Å². The van der Waals surface area contributed by atoms with Crippen molar-refractivity contribution in [2.45, 2.75) is 37.6 Å². The number of fused-ring (bicyclic) bond motifs is 1. The molecule has 1 fully saturated rings. The minimum Gasteiger partial charge on any atom is -0.304 e. The van der Waals surface area contributed by atoms with Gasteiger partial charge in [0.05, 0.1) is 5.54 Å². The Labute approximate surface area is 97.6 Å². The van der Waals surface area contributed by atoms with Crippen molar-refractivity contribution in [1.82, 2.24) is 5.32 Å². The smallest absolute Gasteiger partial charge is 0.0650 e. The predicted molar refractivity (Wildman–Crippen MR) is 67.3 cm³/mol. The molecule has 0 radical (unpaired) electrons. The molecule has 1 aliphatic heterocycles. The second kappa shape index (κ2) is 4.06. The highest BCUT2D eigenvalue weighted by molar-refractivity contribution is 5.38. The minimum atomic E-state index is 0.178. The quantitative estimate of drug-likeness (QED) is 0.705. The van der Waals surface area contributed by atoms with E-state index in [4.69, 9.17) is 0 Å². The van der Waals surface area contributed by atoms with E-state index in [-0.39, 0.29) is 5.54 Å². The maximum atomic E-state index is 3.78. The van der Waals surface area contributed by atoms with E-state index in [0.717, 1.165) is 6.54 Å². The van der Waals surface area contributed by atoms with Crippen LogP contribution < -0.4 is 5.32 Å². The standard InChI is InChI=1S/C15H19N/c1-2-7-13(8-3-1)15-11-5-4-9-14(15)10-6-12-16-15/h1-3,7-8,10,16H,4-6,9,11-12H2/t15-/m0/s1. The molecule has 0 amide bonds. The highest BCUT2D eigenvalue weighted by Crippen LogP contribution is 2.42. The molecule has 16 heavy (non-hydrogen) atoms. The van der Waals surface area contributed by atoms with Crippen LogP contribution in [0.3, 0.4) is 0 Å². The maximum absolute atomic E-state index is 3.78. The maximum Gasteiger partial charge on any atom is 0.0650 e. The second-order valence-electron chi connectivity index (χ2n) is 4.92. The summed E-state index contributed by atoms with van der Waals surface area (Å²) >= 11 is 0. The second-order valence-corrected chi connectivity index (χ2v) is 4.92. The number of nitrogens with one attached hydrogen (secondary N) is 1. The molecule has 3 rings (SSSR count). The van der Waals surface area contributed by atoms with E-state index in [9.17, 15) is 0 Å². The molecule has 1 heterocycles. The number of benzene rings is 1. The van der Waals surface area contributed by atoms with E-state index in [1.165, 1.54) is 37.7 Å². The van der Waals surface area contributed by atoms with Gasteiger partial charge in [0.15, 0.2) is 0 Å². The summed E-state index contributed by atoms with van der Waals surface area (Å²) in [6.07, 6.45) is 8.93. The molecule has 84 valence electrons. The van der Waals surface area contributed by atoms with Crippen LogP contribution in [0, 0.1) is 0 Å². The van der Waals surface area contributed by atoms with Gasteiger partial charge in [0.25, 0.3) is 0 Å². The van der Waals surface area contributed by atoms with Crippen LogP contribution in [-0.2, 0) is 5.54 Å². The lowest BCUT2D eigenvalue weighted by molar-refractivity contribution is 0.300. The van der Waals surface area contributed by atoms with E-state index in [0.29, 0.717) is 0 Å². The zero-order valence-corrected chi connectivity index (χ0v) is 9.71. The number of hydrogen-bond donors (Lipinski definition) is 1. The normalized spacial score (nSPS) is 29.4. The van der Waals surface area contributed by atoms with Crippen LogP contribution in [0.1, 0.15) is 37.7 Å². The third-order valence-corrected chi connectivity index (χ3v) is 4.02. The van der Waals surface area contributed by atoms with Crippen LogP contribution >= 0.6 is 0 Å². The summed E-state index contributed by atoms with van der Waals surface area (Å²) < 4.78 is 0. The molecular weight excluding hydrogens is 194 g/mol. The summed E-state index contributed by atoms with van der Waals surface area (Å²) in [7, 11) is 0. The summed E-state index contributed by atoms with van der Waals surface area (Å²) in [5.41, 5.74) is 3.27. The van der Waals surface area contributed by atoms with E-state index in [1.807, 2.05) is 0 Å². The Morgan fingerprint density at radius 3 is 2.81 bits per heavy atom. The summed E-state index contributed by atoms with van der Waals surface area (Å²) in [6, 6.07) is 11.0. The van der Waals surface area contributed by atoms with Gasteiger partial charge in [-0.1, -0.05) is 42.8 Å². The van der Waals surface area contributed by atoms with Gasteiger partial charge in [0.1, 0.15) is 0 Å². The zero-order valence-electron chi connectivity index (χ0n) is 9.71. The Hall–Kier alpha value is -1.08. The molecule has 1 N–H and O–H groups in total.